The Balaban J connectivity index is 2.60. The fourth-order valence-electron chi connectivity index (χ4n) is 1.47. The van der Waals surface area contributed by atoms with Gasteiger partial charge in [0.25, 0.3) is 0 Å². The molecule has 0 aromatic heterocycles. The van der Waals surface area contributed by atoms with Crippen molar-refractivity contribution in [1.82, 2.24) is 5.32 Å². The lowest BCUT2D eigenvalue weighted by molar-refractivity contribution is -0.121. The Morgan fingerprint density at radius 2 is 1.89 bits per heavy atom. The van der Waals surface area contributed by atoms with Gasteiger partial charge in [0, 0.05) is 18.9 Å². The van der Waals surface area contributed by atoms with E-state index in [-0.39, 0.29) is 30.4 Å². The summed E-state index contributed by atoms with van der Waals surface area (Å²) in [5.41, 5.74) is -0.313. The van der Waals surface area contributed by atoms with Crippen molar-refractivity contribution in [1.29, 1.82) is 0 Å². The standard InChI is InChI=1S/C13H15F2NO2/c1-8(2)16-13(18)6-5-12(17)10-7-9(14)3-4-11(10)15/h3-4,7-8H,5-6H2,1-2H3,(H,16,18). The molecule has 0 fully saturated rings. The molecule has 0 aliphatic heterocycles. The molecule has 1 aromatic rings. The first kappa shape index (κ1) is 14.3. The molecule has 0 bridgehead atoms. The van der Waals surface area contributed by atoms with E-state index in [1.807, 2.05) is 0 Å². The van der Waals surface area contributed by atoms with Crippen molar-refractivity contribution in [2.24, 2.45) is 0 Å². The number of Topliss-reactive ketones (excluding diaryl/α,β-unsaturated/α-hetero) is 1. The van der Waals surface area contributed by atoms with Gasteiger partial charge in [0.05, 0.1) is 5.56 Å². The third-order valence-electron chi connectivity index (χ3n) is 2.26. The van der Waals surface area contributed by atoms with Gasteiger partial charge in [-0.05, 0) is 32.0 Å². The summed E-state index contributed by atoms with van der Waals surface area (Å²) in [5.74, 6) is -2.31. The highest BCUT2D eigenvalue weighted by molar-refractivity contribution is 5.98. The average Bonchev–Trinajstić information content (AvgIpc) is 2.28. The molecule has 0 aliphatic carbocycles. The molecule has 0 spiro atoms. The van der Waals surface area contributed by atoms with E-state index in [2.05, 4.69) is 5.32 Å². The number of ketones is 1. The van der Waals surface area contributed by atoms with Crippen LogP contribution in [-0.2, 0) is 4.79 Å². The molecule has 0 heterocycles. The fraction of sp³-hybridized carbons (Fsp3) is 0.385. The van der Waals surface area contributed by atoms with Gasteiger partial charge < -0.3 is 5.32 Å². The number of rotatable bonds is 5. The van der Waals surface area contributed by atoms with Gasteiger partial charge in [-0.1, -0.05) is 0 Å². The molecule has 0 radical (unpaired) electrons. The molecule has 0 aliphatic rings. The number of benzene rings is 1. The van der Waals surface area contributed by atoms with Crippen LogP contribution in [0, 0.1) is 11.6 Å². The lowest BCUT2D eigenvalue weighted by Gasteiger charge is -2.07. The molecule has 5 heteroatoms. The van der Waals surface area contributed by atoms with Crippen molar-refractivity contribution in [3.05, 3.63) is 35.4 Å². The van der Waals surface area contributed by atoms with Crippen LogP contribution in [0.2, 0.25) is 0 Å². The number of halogens is 2. The van der Waals surface area contributed by atoms with E-state index in [4.69, 9.17) is 0 Å². The molecule has 3 nitrogen and oxygen atoms in total. The number of carbonyl (C=O) groups excluding carboxylic acids is 2. The molecule has 18 heavy (non-hydrogen) atoms. The van der Waals surface area contributed by atoms with Gasteiger partial charge in [-0.3, -0.25) is 9.59 Å². The third kappa shape index (κ3) is 4.24. The second-order valence-electron chi connectivity index (χ2n) is 4.27. The van der Waals surface area contributed by atoms with E-state index < -0.39 is 17.4 Å². The summed E-state index contributed by atoms with van der Waals surface area (Å²) in [4.78, 5) is 22.9. The highest BCUT2D eigenvalue weighted by atomic mass is 19.1. The van der Waals surface area contributed by atoms with Gasteiger partial charge in [-0.25, -0.2) is 8.78 Å². The van der Waals surface area contributed by atoms with Crippen LogP contribution >= 0.6 is 0 Å². The fourth-order valence-corrected chi connectivity index (χ4v) is 1.47. The van der Waals surface area contributed by atoms with Crippen molar-refractivity contribution in [2.45, 2.75) is 32.7 Å². The Hall–Kier alpha value is -1.78. The summed E-state index contributed by atoms with van der Waals surface area (Å²) in [6, 6.07) is 2.67. The first-order valence-corrected chi connectivity index (χ1v) is 5.67. The van der Waals surface area contributed by atoms with E-state index in [0.717, 1.165) is 18.2 Å². The number of hydrogen-bond donors (Lipinski definition) is 1. The van der Waals surface area contributed by atoms with E-state index in [9.17, 15) is 18.4 Å². The van der Waals surface area contributed by atoms with E-state index in [1.165, 1.54) is 0 Å². The van der Waals surface area contributed by atoms with E-state index in [1.54, 1.807) is 13.8 Å². The minimum absolute atomic E-state index is 0.0153. The zero-order chi connectivity index (χ0) is 13.7. The van der Waals surface area contributed by atoms with Crippen LogP contribution in [0.4, 0.5) is 8.78 Å². The normalized spacial score (nSPS) is 10.5. The minimum Gasteiger partial charge on any atom is -0.354 e. The highest BCUT2D eigenvalue weighted by Gasteiger charge is 2.14. The van der Waals surface area contributed by atoms with Crippen LogP contribution in [0.1, 0.15) is 37.0 Å². The van der Waals surface area contributed by atoms with Gasteiger partial charge >= 0.3 is 0 Å². The lowest BCUT2D eigenvalue weighted by Crippen LogP contribution is -2.30. The Morgan fingerprint density at radius 1 is 1.22 bits per heavy atom. The molecule has 1 rings (SSSR count). The van der Waals surface area contributed by atoms with E-state index >= 15 is 0 Å². The summed E-state index contributed by atoms with van der Waals surface area (Å²) < 4.78 is 26.1. The minimum atomic E-state index is -0.773. The van der Waals surface area contributed by atoms with Gasteiger partial charge in [0.2, 0.25) is 5.91 Å². The first-order valence-electron chi connectivity index (χ1n) is 5.67. The Morgan fingerprint density at radius 3 is 2.50 bits per heavy atom. The van der Waals surface area contributed by atoms with Crippen molar-refractivity contribution in [3.63, 3.8) is 0 Å². The molecular formula is C13H15F2NO2. The van der Waals surface area contributed by atoms with Gasteiger partial charge in [0.15, 0.2) is 5.78 Å². The molecule has 98 valence electrons. The van der Waals surface area contributed by atoms with Crippen molar-refractivity contribution < 1.29 is 18.4 Å². The molecule has 0 unspecified atom stereocenters. The third-order valence-corrected chi connectivity index (χ3v) is 2.26. The highest BCUT2D eigenvalue weighted by Crippen LogP contribution is 2.12. The van der Waals surface area contributed by atoms with E-state index in [0.29, 0.717) is 0 Å². The summed E-state index contributed by atoms with van der Waals surface area (Å²) in [6.07, 6.45) is -0.175. The van der Waals surface area contributed by atoms with Gasteiger partial charge in [-0.15, -0.1) is 0 Å². The molecule has 0 saturated carbocycles. The summed E-state index contributed by atoms with van der Waals surface area (Å²) in [6.45, 7) is 3.60. The van der Waals surface area contributed by atoms with Crippen LogP contribution in [0.25, 0.3) is 0 Å². The van der Waals surface area contributed by atoms with Crippen LogP contribution < -0.4 is 5.32 Å². The monoisotopic (exact) mass is 255 g/mol. The second-order valence-corrected chi connectivity index (χ2v) is 4.27. The molecule has 1 amide bonds. The zero-order valence-corrected chi connectivity index (χ0v) is 10.3. The maximum absolute atomic E-state index is 13.3. The molecular weight excluding hydrogens is 240 g/mol. The molecule has 0 atom stereocenters. The quantitative estimate of drug-likeness (QED) is 0.821. The number of amides is 1. The first-order chi connectivity index (χ1) is 8.40. The zero-order valence-electron chi connectivity index (χ0n) is 10.3. The van der Waals surface area contributed by atoms with Gasteiger partial charge in [0.1, 0.15) is 11.6 Å². The maximum Gasteiger partial charge on any atom is 0.220 e. The SMILES string of the molecule is CC(C)NC(=O)CCC(=O)c1cc(F)ccc1F. The molecule has 1 N–H and O–H groups in total. The topological polar surface area (TPSA) is 46.2 Å². The summed E-state index contributed by atoms with van der Waals surface area (Å²) in [5, 5.41) is 2.62. The van der Waals surface area contributed by atoms with Crippen LogP contribution in [0.15, 0.2) is 18.2 Å². The Labute approximate surface area is 104 Å². The average molecular weight is 255 g/mol. The Kier molecular flexibility index (Phi) is 4.95. The number of carbonyl (C=O) groups is 2. The summed E-state index contributed by atoms with van der Waals surface area (Å²) in [7, 11) is 0. The predicted octanol–water partition coefficient (Wildman–Crippen LogP) is 2.45. The van der Waals surface area contributed by atoms with Crippen LogP contribution in [0.3, 0.4) is 0 Å². The predicted molar refractivity (Wildman–Crippen MR) is 63.2 cm³/mol. The molecule has 0 saturated heterocycles. The smallest absolute Gasteiger partial charge is 0.220 e. The second kappa shape index (κ2) is 6.23. The number of nitrogens with one attached hydrogen (secondary N) is 1. The lowest BCUT2D eigenvalue weighted by atomic mass is 10.1. The van der Waals surface area contributed by atoms with Crippen LogP contribution in [0.5, 0.6) is 0 Å². The maximum atomic E-state index is 13.3. The van der Waals surface area contributed by atoms with Crippen molar-refractivity contribution >= 4 is 11.7 Å². The van der Waals surface area contributed by atoms with Crippen LogP contribution in [-0.4, -0.2) is 17.7 Å². The summed E-state index contributed by atoms with van der Waals surface area (Å²) >= 11 is 0. The Bertz CT molecular complexity index is 458. The van der Waals surface area contributed by atoms with Crippen molar-refractivity contribution in [3.8, 4) is 0 Å². The largest absolute Gasteiger partial charge is 0.354 e. The molecule has 1 aromatic carbocycles. The number of hydrogen-bond acceptors (Lipinski definition) is 2. The van der Waals surface area contributed by atoms with Crippen molar-refractivity contribution in [2.75, 3.05) is 0 Å². The van der Waals surface area contributed by atoms with Gasteiger partial charge in [-0.2, -0.15) is 0 Å².